The van der Waals surface area contributed by atoms with Gasteiger partial charge in [0.15, 0.2) is 11.5 Å². The predicted molar refractivity (Wildman–Crippen MR) is 87.4 cm³/mol. The molecule has 0 saturated carbocycles. The van der Waals surface area contributed by atoms with Crippen LogP contribution >= 0.6 is 43.5 Å². The second kappa shape index (κ2) is 5.96. The number of benzene rings is 2. The zero-order chi connectivity index (χ0) is 14.1. The molecule has 1 unspecified atom stereocenters. The summed E-state index contributed by atoms with van der Waals surface area (Å²) in [6.45, 7) is 1.20. The molecule has 0 amide bonds. The van der Waals surface area contributed by atoms with Crippen LogP contribution in [-0.4, -0.2) is 13.2 Å². The van der Waals surface area contributed by atoms with Gasteiger partial charge in [-0.1, -0.05) is 55.6 Å². The second-order valence-corrected chi connectivity index (χ2v) is 6.64. The Hall–Kier alpha value is -0.710. The maximum Gasteiger partial charge on any atom is 0.161 e. The van der Waals surface area contributed by atoms with Gasteiger partial charge in [0.1, 0.15) is 13.2 Å². The quantitative estimate of drug-likeness (QED) is 0.612. The van der Waals surface area contributed by atoms with Crippen LogP contribution in [0.2, 0.25) is 5.02 Å². The smallest absolute Gasteiger partial charge is 0.161 e. The molecular weight excluding hydrogens is 407 g/mol. The minimum Gasteiger partial charge on any atom is -0.486 e. The van der Waals surface area contributed by atoms with Crippen molar-refractivity contribution in [3.05, 3.63) is 57.0 Å². The number of hydrogen-bond donors (Lipinski definition) is 0. The van der Waals surface area contributed by atoms with Crippen LogP contribution in [0.25, 0.3) is 0 Å². The number of fused-ring (bicyclic) bond motifs is 1. The van der Waals surface area contributed by atoms with Crippen molar-refractivity contribution < 1.29 is 9.47 Å². The Balaban J connectivity index is 1.95. The summed E-state index contributed by atoms with van der Waals surface area (Å²) in [5.74, 6) is 1.60. The van der Waals surface area contributed by atoms with Crippen molar-refractivity contribution >= 4 is 43.5 Å². The minimum atomic E-state index is 0.0602. The van der Waals surface area contributed by atoms with Gasteiger partial charge in [0.2, 0.25) is 0 Å². The minimum absolute atomic E-state index is 0.0602. The molecule has 0 saturated heterocycles. The normalized spacial score (nSPS) is 14.9. The lowest BCUT2D eigenvalue weighted by atomic mass is 10.0. The molecule has 0 radical (unpaired) electrons. The first-order valence-electron chi connectivity index (χ1n) is 6.14. The Kier molecular flexibility index (Phi) is 4.24. The molecule has 0 aliphatic carbocycles. The van der Waals surface area contributed by atoms with E-state index in [1.54, 1.807) is 0 Å². The van der Waals surface area contributed by atoms with Crippen molar-refractivity contribution in [1.29, 1.82) is 0 Å². The zero-order valence-corrected chi connectivity index (χ0v) is 14.3. The summed E-state index contributed by atoms with van der Waals surface area (Å²) < 4.78 is 12.1. The van der Waals surface area contributed by atoms with Gasteiger partial charge in [0, 0.05) is 9.50 Å². The summed E-state index contributed by atoms with van der Waals surface area (Å²) in [5, 5.41) is 0.711. The van der Waals surface area contributed by atoms with E-state index in [4.69, 9.17) is 21.1 Å². The highest BCUT2D eigenvalue weighted by Gasteiger charge is 2.18. The first kappa shape index (κ1) is 14.2. The molecule has 1 aliphatic rings. The fourth-order valence-electron chi connectivity index (χ4n) is 2.10. The largest absolute Gasteiger partial charge is 0.486 e. The van der Waals surface area contributed by atoms with E-state index in [9.17, 15) is 0 Å². The fraction of sp³-hybridized carbons (Fsp3) is 0.200. The van der Waals surface area contributed by atoms with Crippen LogP contribution in [0.3, 0.4) is 0 Å². The molecule has 0 fully saturated rings. The first-order valence-corrected chi connectivity index (χ1v) is 8.22. The molecule has 104 valence electrons. The van der Waals surface area contributed by atoms with Gasteiger partial charge in [-0.15, -0.1) is 0 Å². The lowest BCUT2D eigenvalue weighted by Crippen LogP contribution is -2.15. The molecule has 20 heavy (non-hydrogen) atoms. The maximum atomic E-state index is 5.98. The van der Waals surface area contributed by atoms with Crippen molar-refractivity contribution in [3.63, 3.8) is 0 Å². The first-order chi connectivity index (χ1) is 9.65. The maximum absolute atomic E-state index is 5.98. The highest BCUT2D eigenvalue weighted by Crippen LogP contribution is 2.40. The Morgan fingerprint density at radius 2 is 1.75 bits per heavy atom. The van der Waals surface area contributed by atoms with Crippen LogP contribution in [0.5, 0.6) is 11.5 Å². The number of halogens is 3. The Bertz CT molecular complexity index is 646. The topological polar surface area (TPSA) is 18.5 Å². The van der Waals surface area contributed by atoms with Crippen molar-refractivity contribution in [3.8, 4) is 11.5 Å². The SMILES string of the molecule is Clc1ccc(C(Br)c2ccc3c(c2)OCCO3)c(Br)c1. The number of alkyl halides is 1. The molecule has 1 heterocycles. The molecule has 5 heteroatoms. The molecule has 2 nitrogen and oxygen atoms in total. The third-order valence-electron chi connectivity index (χ3n) is 3.09. The van der Waals surface area contributed by atoms with E-state index < -0.39 is 0 Å². The highest BCUT2D eigenvalue weighted by molar-refractivity contribution is 9.11. The Morgan fingerprint density at radius 3 is 2.50 bits per heavy atom. The van der Waals surface area contributed by atoms with Gasteiger partial charge in [-0.2, -0.15) is 0 Å². The summed E-state index contributed by atoms with van der Waals surface area (Å²) in [7, 11) is 0. The number of ether oxygens (including phenoxy) is 2. The van der Waals surface area contributed by atoms with Gasteiger partial charge in [0.25, 0.3) is 0 Å². The third kappa shape index (κ3) is 2.83. The van der Waals surface area contributed by atoms with Crippen LogP contribution < -0.4 is 9.47 Å². The summed E-state index contributed by atoms with van der Waals surface area (Å²) in [6, 6.07) is 11.8. The Labute approximate surface area is 139 Å². The van der Waals surface area contributed by atoms with Crippen LogP contribution in [-0.2, 0) is 0 Å². The third-order valence-corrected chi connectivity index (χ3v) is 5.04. The molecule has 3 rings (SSSR count). The van der Waals surface area contributed by atoms with Crippen LogP contribution in [0.4, 0.5) is 0 Å². The molecule has 0 bridgehead atoms. The van der Waals surface area contributed by atoms with Crippen molar-refractivity contribution in [2.24, 2.45) is 0 Å². The number of hydrogen-bond acceptors (Lipinski definition) is 2. The van der Waals surface area contributed by atoms with Gasteiger partial charge >= 0.3 is 0 Å². The van der Waals surface area contributed by atoms with E-state index in [0.29, 0.717) is 18.2 Å². The summed E-state index contributed by atoms with van der Waals surface area (Å²) in [4.78, 5) is 0.0602. The van der Waals surface area contributed by atoms with Gasteiger partial charge in [0.05, 0.1) is 4.83 Å². The molecule has 0 N–H and O–H groups in total. The van der Waals surface area contributed by atoms with Crippen LogP contribution in [0.1, 0.15) is 16.0 Å². The number of rotatable bonds is 2. The van der Waals surface area contributed by atoms with Gasteiger partial charge in [-0.05, 0) is 35.4 Å². The molecule has 1 aliphatic heterocycles. The van der Waals surface area contributed by atoms with E-state index in [2.05, 4.69) is 31.9 Å². The predicted octanol–water partition coefficient (Wildman–Crippen LogP) is 5.36. The van der Waals surface area contributed by atoms with E-state index in [0.717, 1.165) is 27.1 Å². The van der Waals surface area contributed by atoms with Gasteiger partial charge in [-0.25, -0.2) is 0 Å². The van der Waals surface area contributed by atoms with E-state index in [-0.39, 0.29) is 4.83 Å². The summed E-state index contributed by atoms with van der Waals surface area (Å²) >= 11 is 13.3. The average molecular weight is 419 g/mol. The van der Waals surface area contributed by atoms with E-state index in [1.807, 2.05) is 36.4 Å². The summed E-state index contributed by atoms with van der Waals surface area (Å²) in [5.41, 5.74) is 2.23. The molecule has 0 aromatic heterocycles. The molecular formula is C15H11Br2ClO2. The van der Waals surface area contributed by atoms with Crippen LogP contribution in [0, 0.1) is 0 Å². The second-order valence-electron chi connectivity index (χ2n) is 4.43. The van der Waals surface area contributed by atoms with Crippen LogP contribution in [0.15, 0.2) is 40.9 Å². The lowest BCUT2D eigenvalue weighted by molar-refractivity contribution is 0.171. The monoisotopic (exact) mass is 416 g/mol. The molecule has 1 atom stereocenters. The van der Waals surface area contributed by atoms with Crippen molar-refractivity contribution in [2.45, 2.75) is 4.83 Å². The van der Waals surface area contributed by atoms with Gasteiger partial charge in [-0.3, -0.25) is 0 Å². The highest BCUT2D eigenvalue weighted by atomic mass is 79.9. The van der Waals surface area contributed by atoms with Gasteiger partial charge < -0.3 is 9.47 Å². The zero-order valence-electron chi connectivity index (χ0n) is 10.4. The van der Waals surface area contributed by atoms with Crippen molar-refractivity contribution in [2.75, 3.05) is 13.2 Å². The molecule has 0 spiro atoms. The lowest BCUT2D eigenvalue weighted by Gasteiger charge is -2.20. The van der Waals surface area contributed by atoms with E-state index >= 15 is 0 Å². The molecule has 2 aromatic carbocycles. The average Bonchev–Trinajstić information content (AvgIpc) is 2.46. The Morgan fingerprint density at radius 1 is 1.00 bits per heavy atom. The molecule has 2 aromatic rings. The van der Waals surface area contributed by atoms with Crippen molar-refractivity contribution in [1.82, 2.24) is 0 Å². The fourth-order valence-corrected chi connectivity index (χ4v) is 4.01. The summed E-state index contributed by atoms with van der Waals surface area (Å²) in [6.07, 6.45) is 0. The standard InChI is InChI=1S/C15H11Br2ClO2/c16-12-8-10(18)2-3-11(12)15(17)9-1-4-13-14(7-9)20-6-5-19-13/h1-4,7-8,15H,5-6H2. The van der Waals surface area contributed by atoms with E-state index in [1.165, 1.54) is 0 Å².